The number of halogens is 1. The van der Waals surface area contributed by atoms with Crippen LogP contribution in [0.25, 0.3) is 16.7 Å². The molecule has 0 aliphatic carbocycles. The third-order valence-corrected chi connectivity index (χ3v) is 3.57. The van der Waals surface area contributed by atoms with Crippen molar-refractivity contribution in [3.8, 4) is 5.82 Å². The van der Waals surface area contributed by atoms with Gasteiger partial charge in [-0.2, -0.15) is 4.39 Å². The second-order valence-corrected chi connectivity index (χ2v) is 4.74. The quantitative estimate of drug-likeness (QED) is 0.679. The van der Waals surface area contributed by atoms with Gasteiger partial charge in [-0.25, -0.2) is 4.98 Å². The fraction of sp³-hybridized carbons (Fsp3) is 0.133. The average Bonchev–Trinajstić information content (AvgIpc) is 2.91. The normalized spacial score (nSPS) is 14.2. The van der Waals surface area contributed by atoms with Crippen molar-refractivity contribution in [2.45, 2.75) is 6.42 Å². The molecule has 4 heterocycles. The molecule has 1 aliphatic rings. The smallest absolute Gasteiger partial charge is 0.216 e. The Labute approximate surface area is 114 Å². The van der Waals surface area contributed by atoms with E-state index in [1.54, 1.807) is 24.7 Å². The van der Waals surface area contributed by atoms with Crippen molar-refractivity contribution in [2.75, 3.05) is 6.54 Å². The predicted octanol–water partition coefficient (Wildman–Crippen LogP) is 2.69. The Morgan fingerprint density at radius 2 is 2.15 bits per heavy atom. The Hall–Kier alpha value is -2.56. The Bertz CT molecular complexity index is 835. The van der Waals surface area contributed by atoms with Gasteiger partial charge >= 0.3 is 0 Å². The average molecular weight is 266 g/mol. The van der Waals surface area contributed by atoms with Crippen molar-refractivity contribution in [1.82, 2.24) is 14.5 Å². The van der Waals surface area contributed by atoms with Gasteiger partial charge in [0.2, 0.25) is 5.97 Å². The maximum atomic E-state index is 13.8. The van der Waals surface area contributed by atoms with E-state index >= 15 is 0 Å². The van der Waals surface area contributed by atoms with E-state index < -0.39 is 5.97 Å². The number of nitrogens with zero attached hydrogens (tertiary/aromatic N) is 4. The SMILES string of the molecule is FC1=NCCc2cnc(-n3ccc4ccncc43)cc21. The summed E-state index contributed by atoms with van der Waals surface area (Å²) in [5.74, 6) is 0.281. The summed E-state index contributed by atoms with van der Waals surface area (Å²) in [6.45, 7) is 0.496. The fourth-order valence-corrected chi connectivity index (χ4v) is 2.53. The van der Waals surface area contributed by atoms with E-state index in [1.807, 2.05) is 22.9 Å². The van der Waals surface area contributed by atoms with Gasteiger partial charge in [-0.3, -0.25) is 14.5 Å². The van der Waals surface area contributed by atoms with Gasteiger partial charge in [-0.05, 0) is 30.2 Å². The summed E-state index contributed by atoms with van der Waals surface area (Å²) in [5.41, 5.74) is 2.41. The molecule has 0 fully saturated rings. The second kappa shape index (κ2) is 4.23. The van der Waals surface area contributed by atoms with Gasteiger partial charge in [0.1, 0.15) is 5.82 Å². The van der Waals surface area contributed by atoms with Crippen LogP contribution in [0.4, 0.5) is 4.39 Å². The summed E-state index contributed by atoms with van der Waals surface area (Å²) in [7, 11) is 0. The van der Waals surface area contributed by atoms with Crippen LogP contribution in [0.1, 0.15) is 11.1 Å². The number of rotatable bonds is 1. The topological polar surface area (TPSA) is 43.1 Å². The van der Waals surface area contributed by atoms with Crippen LogP contribution in [-0.2, 0) is 6.42 Å². The highest BCUT2D eigenvalue weighted by molar-refractivity contribution is 5.96. The third kappa shape index (κ3) is 1.63. The van der Waals surface area contributed by atoms with Crippen molar-refractivity contribution in [3.63, 3.8) is 0 Å². The fourth-order valence-electron chi connectivity index (χ4n) is 2.53. The molecule has 0 aromatic carbocycles. The summed E-state index contributed by atoms with van der Waals surface area (Å²) < 4.78 is 15.7. The minimum Gasteiger partial charge on any atom is -0.300 e. The monoisotopic (exact) mass is 266 g/mol. The van der Waals surface area contributed by atoms with Crippen molar-refractivity contribution >= 4 is 16.9 Å². The molecular formula is C15H11FN4. The molecule has 0 unspecified atom stereocenters. The Kier molecular flexibility index (Phi) is 2.39. The van der Waals surface area contributed by atoms with Gasteiger partial charge in [-0.1, -0.05) is 0 Å². The molecule has 3 aromatic rings. The van der Waals surface area contributed by atoms with E-state index in [4.69, 9.17) is 0 Å². The molecule has 0 saturated carbocycles. The zero-order valence-electron chi connectivity index (χ0n) is 10.6. The molecule has 0 radical (unpaired) electrons. The number of hydrogen-bond acceptors (Lipinski definition) is 3. The second-order valence-electron chi connectivity index (χ2n) is 4.74. The molecule has 5 heteroatoms. The molecular weight excluding hydrogens is 255 g/mol. The lowest BCUT2D eigenvalue weighted by molar-refractivity contribution is 0.766. The van der Waals surface area contributed by atoms with Crippen LogP contribution in [0.15, 0.2) is 48.0 Å². The maximum absolute atomic E-state index is 13.8. The first-order valence-electron chi connectivity index (χ1n) is 6.43. The number of aliphatic imine (C=N–C) groups is 1. The van der Waals surface area contributed by atoms with E-state index in [9.17, 15) is 4.39 Å². The first-order chi connectivity index (χ1) is 9.83. The summed E-state index contributed by atoms with van der Waals surface area (Å²) in [6, 6.07) is 5.68. The summed E-state index contributed by atoms with van der Waals surface area (Å²) in [5, 5.41) is 1.08. The van der Waals surface area contributed by atoms with Crippen LogP contribution in [0.2, 0.25) is 0 Å². The van der Waals surface area contributed by atoms with Gasteiger partial charge < -0.3 is 0 Å². The van der Waals surface area contributed by atoms with Crippen molar-refractivity contribution < 1.29 is 4.39 Å². The molecule has 20 heavy (non-hydrogen) atoms. The van der Waals surface area contributed by atoms with Crippen LogP contribution < -0.4 is 0 Å². The van der Waals surface area contributed by atoms with Crippen LogP contribution in [-0.4, -0.2) is 27.0 Å². The van der Waals surface area contributed by atoms with Gasteiger partial charge in [0.15, 0.2) is 0 Å². The lowest BCUT2D eigenvalue weighted by Crippen LogP contribution is -2.11. The van der Waals surface area contributed by atoms with Crippen LogP contribution in [0.5, 0.6) is 0 Å². The van der Waals surface area contributed by atoms with Crippen LogP contribution in [0.3, 0.4) is 0 Å². The van der Waals surface area contributed by atoms with E-state index in [2.05, 4.69) is 15.0 Å². The minimum absolute atomic E-state index is 0.399. The highest BCUT2D eigenvalue weighted by Crippen LogP contribution is 2.22. The third-order valence-electron chi connectivity index (χ3n) is 3.57. The number of hydrogen-bond donors (Lipinski definition) is 0. The first kappa shape index (κ1) is 11.3. The van der Waals surface area contributed by atoms with Gasteiger partial charge in [0.25, 0.3) is 0 Å². The number of fused-ring (bicyclic) bond motifs is 2. The number of pyridine rings is 2. The molecule has 0 amide bonds. The van der Waals surface area contributed by atoms with E-state index in [0.29, 0.717) is 17.9 Å². The minimum atomic E-state index is -0.399. The molecule has 4 nitrogen and oxygen atoms in total. The zero-order valence-corrected chi connectivity index (χ0v) is 10.6. The molecule has 0 saturated heterocycles. The van der Waals surface area contributed by atoms with Gasteiger partial charge in [0.05, 0.1) is 11.7 Å². The maximum Gasteiger partial charge on any atom is 0.216 e. The molecule has 0 bridgehead atoms. The summed E-state index contributed by atoms with van der Waals surface area (Å²) >= 11 is 0. The van der Waals surface area contributed by atoms with E-state index in [1.165, 1.54) is 0 Å². The van der Waals surface area contributed by atoms with Crippen molar-refractivity contribution in [2.24, 2.45) is 4.99 Å². The largest absolute Gasteiger partial charge is 0.300 e. The number of aromatic nitrogens is 3. The van der Waals surface area contributed by atoms with E-state index in [-0.39, 0.29) is 0 Å². The standard InChI is InChI=1S/C15H11FN4/c16-15-12-7-14(19-8-11(12)2-5-18-15)20-6-3-10-1-4-17-9-13(10)20/h1,3-4,6-9H,2,5H2. The first-order valence-corrected chi connectivity index (χ1v) is 6.43. The molecule has 1 aliphatic heterocycles. The van der Waals surface area contributed by atoms with Crippen molar-refractivity contribution in [3.05, 3.63) is 54.1 Å². The highest BCUT2D eigenvalue weighted by Gasteiger charge is 2.16. The lowest BCUT2D eigenvalue weighted by Gasteiger charge is -2.13. The molecule has 0 spiro atoms. The summed E-state index contributed by atoms with van der Waals surface area (Å²) in [4.78, 5) is 12.4. The van der Waals surface area contributed by atoms with Crippen molar-refractivity contribution in [1.29, 1.82) is 0 Å². The van der Waals surface area contributed by atoms with E-state index in [0.717, 1.165) is 22.9 Å². The molecule has 0 N–H and O–H groups in total. The Morgan fingerprint density at radius 1 is 1.20 bits per heavy atom. The molecule has 3 aromatic heterocycles. The molecule has 0 atom stereocenters. The lowest BCUT2D eigenvalue weighted by atomic mass is 10.1. The highest BCUT2D eigenvalue weighted by atomic mass is 19.1. The van der Waals surface area contributed by atoms with Crippen LogP contribution >= 0.6 is 0 Å². The van der Waals surface area contributed by atoms with Gasteiger partial charge in [0, 0.05) is 36.1 Å². The van der Waals surface area contributed by atoms with Crippen LogP contribution in [0, 0.1) is 0 Å². The summed E-state index contributed by atoms with van der Waals surface area (Å²) in [6.07, 6.45) is 7.92. The molecule has 98 valence electrons. The zero-order chi connectivity index (χ0) is 13.5. The Morgan fingerprint density at radius 3 is 3.10 bits per heavy atom. The Balaban J connectivity index is 1.92. The predicted molar refractivity (Wildman–Crippen MR) is 75.1 cm³/mol. The molecule has 4 rings (SSSR count). The van der Waals surface area contributed by atoms with Gasteiger partial charge in [-0.15, -0.1) is 0 Å².